The summed E-state index contributed by atoms with van der Waals surface area (Å²) < 4.78 is 6.37. The molecule has 0 saturated carbocycles. The smallest absolute Gasteiger partial charge is 0.270 e. The van der Waals surface area contributed by atoms with Crippen molar-refractivity contribution in [1.29, 1.82) is 0 Å². The highest BCUT2D eigenvalue weighted by Crippen LogP contribution is 2.36. The standard InChI is InChI=1S/C29H28N4O3S2/c1-31-13-15-32(16-14-31)19-21-3-2-4-23(17-21)33-28(35)26(38-29(33)37)18-20-5-9-24(10-6-20)36-25-11-7-22(8-12-25)27(30)34/h2-12,17-18H,13-16,19H2,1H3,(H2,30,34)/b26-18-. The van der Waals surface area contributed by atoms with Gasteiger partial charge in [0.2, 0.25) is 5.91 Å². The third kappa shape index (κ3) is 6.14. The number of hydrogen-bond donors (Lipinski definition) is 1. The zero-order valence-corrected chi connectivity index (χ0v) is 22.6. The Morgan fingerprint density at radius 1 is 1.00 bits per heavy atom. The minimum atomic E-state index is -0.482. The predicted octanol–water partition coefficient (Wildman–Crippen LogP) is 4.73. The second kappa shape index (κ2) is 11.5. The van der Waals surface area contributed by atoms with E-state index in [4.69, 9.17) is 22.7 Å². The Balaban J connectivity index is 1.25. The van der Waals surface area contributed by atoms with Crippen LogP contribution < -0.4 is 15.4 Å². The second-order valence-corrected chi connectivity index (χ2v) is 11.0. The van der Waals surface area contributed by atoms with E-state index in [1.165, 1.54) is 17.3 Å². The summed E-state index contributed by atoms with van der Waals surface area (Å²) in [4.78, 5) is 31.5. The molecule has 5 rings (SSSR count). The van der Waals surface area contributed by atoms with Crippen LogP contribution in [0.1, 0.15) is 21.5 Å². The molecule has 0 radical (unpaired) electrons. The Morgan fingerprint density at radius 2 is 1.66 bits per heavy atom. The highest BCUT2D eigenvalue weighted by molar-refractivity contribution is 8.27. The van der Waals surface area contributed by atoms with Gasteiger partial charge in [-0.3, -0.25) is 19.4 Å². The topological polar surface area (TPSA) is 79.1 Å². The van der Waals surface area contributed by atoms with Gasteiger partial charge in [-0.25, -0.2) is 0 Å². The lowest BCUT2D eigenvalue weighted by atomic mass is 10.1. The first kappa shape index (κ1) is 26.1. The van der Waals surface area contributed by atoms with E-state index in [0.29, 0.717) is 26.3 Å². The zero-order valence-electron chi connectivity index (χ0n) is 21.0. The van der Waals surface area contributed by atoms with E-state index >= 15 is 0 Å². The van der Waals surface area contributed by atoms with Gasteiger partial charge in [-0.15, -0.1) is 0 Å². The molecule has 0 atom stereocenters. The molecule has 2 fully saturated rings. The van der Waals surface area contributed by atoms with Crippen molar-refractivity contribution in [3.63, 3.8) is 0 Å². The van der Waals surface area contributed by atoms with E-state index in [1.807, 2.05) is 42.5 Å². The van der Waals surface area contributed by atoms with Crippen molar-refractivity contribution in [3.05, 3.63) is 94.4 Å². The lowest BCUT2D eigenvalue weighted by Gasteiger charge is -2.32. The number of hydrogen-bond acceptors (Lipinski definition) is 7. The number of rotatable bonds is 7. The summed E-state index contributed by atoms with van der Waals surface area (Å²) in [5.74, 6) is 0.633. The molecule has 0 spiro atoms. The molecule has 2 aliphatic rings. The first-order valence-corrected chi connectivity index (χ1v) is 13.5. The average molecular weight is 545 g/mol. The van der Waals surface area contributed by atoms with Crippen LogP contribution in [0, 0.1) is 0 Å². The Labute approximate surface area is 231 Å². The molecule has 194 valence electrons. The molecule has 38 heavy (non-hydrogen) atoms. The highest BCUT2D eigenvalue weighted by atomic mass is 32.2. The summed E-state index contributed by atoms with van der Waals surface area (Å²) in [6, 6.07) is 22.1. The van der Waals surface area contributed by atoms with Gasteiger partial charge in [0, 0.05) is 38.3 Å². The average Bonchev–Trinajstić information content (AvgIpc) is 3.19. The first-order valence-electron chi connectivity index (χ1n) is 12.3. The van der Waals surface area contributed by atoms with Crippen LogP contribution in [-0.2, 0) is 11.3 Å². The molecule has 3 aromatic carbocycles. The Morgan fingerprint density at radius 3 is 2.32 bits per heavy atom. The molecule has 2 N–H and O–H groups in total. The maximum absolute atomic E-state index is 13.3. The van der Waals surface area contributed by atoms with E-state index in [1.54, 1.807) is 29.2 Å². The SMILES string of the molecule is CN1CCN(Cc2cccc(N3C(=O)/C(=C/c4ccc(Oc5ccc(C(N)=O)cc5)cc4)SC3=S)c2)CC1. The third-order valence-electron chi connectivity index (χ3n) is 6.52. The number of likely N-dealkylation sites (N-methyl/N-ethyl adjacent to an activating group) is 1. The number of anilines is 1. The van der Waals surface area contributed by atoms with Crippen molar-refractivity contribution in [2.75, 3.05) is 38.1 Å². The number of carbonyl (C=O) groups excluding carboxylic acids is 2. The van der Waals surface area contributed by atoms with Gasteiger partial charge in [-0.2, -0.15) is 0 Å². The largest absolute Gasteiger partial charge is 0.457 e. The number of ether oxygens (including phenoxy) is 1. The van der Waals surface area contributed by atoms with Gasteiger partial charge in [0.1, 0.15) is 11.5 Å². The highest BCUT2D eigenvalue weighted by Gasteiger charge is 2.33. The number of nitrogens with two attached hydrogens (primary N) is 1. The Bertz CT molecular complexity index is 1380. The van der Waals surface area contributed by atoms with Crippen LogP contribution in [0.3, 0.4) is 0 Å². The summed E-state index contributed by atoms with van der Waals surface area (Å²) in [5, 5.41) is 0. The van der Waals surface area contributed by atoms with Crippen LogP contribution in [0.25, 0.3) is 6.08 Å². The van der Waals surface area contributed by atoms with Crippen LogP contribution in [0.2, 0.25) is 0 Å². The monoisotopic (exact) mass is 544 g/mol. The summed E-state index contributed by atoms with van der Waals surface area (Å²) in [6.07, 6.45) is 1.85. The Hall–Kier alpha value is -3.50. The quantitative estimate of drug-likeness (QED) is 0.340. The molecule has 7 nitrogen and oxygen atoms in total. The van der Waals surface area contributed by atoms with Crippen molar-refractivity contribution in [1.82, 2.24) is 9.80 Å². The number of primary amides is 1. The molecule has 9 heteroatoms. The summed E-state index contributed by atoms with van der Waals surface area (Å²) in [7, 11) is 2.15. The molecular weight excluding hydrogens is 516 g/mol. The number of nitrogens with zero attached hydrogens (tertiary/aromatic N) is 3. The van der Waals surface area contributed by atoms with Crippen LogP contribution in [-0.4, -0.2) is 59.2 Å². The molecule has 2 saturated heterocycles. The maximum Gasteiger partial charge on any atom is 0.270 e. The maximum atomic E-state index is 13.3. The van der Waals surface area contributed by atoms with Crippen molar-refractivity contribution in [3.8, 4) is 11.5 Å². The number of benzene rings is 3. The summed E-state index contributed by atoms with van der Waals surface area (Å²) in [5.41, 5.74) is 8.54. The normalized spacial score (nSPS) is 17.8. The number of carbonyl (C=O) groups is 2. The molecule has 0 aliphatic carbocycles. The van der Waals surface area contributed by atoms with Crippen molar-refractivity contribution >= 4 is 51.9 Å². The molecule has 0 unspecified atom stereocenters. The lowest BCUT2D eigenvalue weighted by Crippen LogP contribution is -2.43. The predicted molar refractivity (Wildman–Crippen MR) is 156 cm³/mol. The van der Waals surface area contributed by atoms with Gasteiger partial charge in [0.05, 0.1) is 10.6 Å². The van der Waals surface area contributed by atoms with E-state index in [-0.39, 0.29) is 5.91 Å². The molecule has 2 heterocycles. The van der Waals surface area contributed by atoms with Gasteiger partial charge in [0.15, 0.2) is 4.32 Å². The van der Waals surface area contributed by atoms with Crippen molar-refractivity contribution in [2.24, 2.45) is 5.73 Å². The molecule has 0 aromatic heterocycles. The minimum absolute atomic E-state index is 0.119. The van der Waals surface area contributed by atoms with E-state index < -0.39 is 5.91 Å². The summed E-state index contributed by atoms with van der Waals surface area (Å²) in [6.45, 7) is 5.06. The van der Waals surface area contributed by atoms with E-state index in [2.05, 4.69) is 29.0 Å². The van der Waals surface area contributed by atoms with Crippen molar-refractivity contribution < 1.29 is 14.3 Å². The van der Waals surface area contributed by atoms with Crippen molar-refractivity contribution in [2.45, 2.75) is 6.54 Å². The minimum Gasteiger partial charge on any atom is -0.457 e. The van der Waals surface area contributed by atoms with Gasteiger partial charge in [-0.05, 0) is 72.8 Å². The van der Waals surface area contributed by atoms with E-state index in [9.17, 15) is 9.59 Å². The molecular formula is C29H28N4O3S2. The molecule has 3 aromatic rings. The molecule has 2 amide bonds. The van der Waals surface area contributed by atoms with Crippen LogP contribution in [0.4, 0.5) is 5.69 Å². The first-order chi connectivity index (χ1) is 18.4. The van der Waals surface area contributed by atoms with Gasteiger partial charge >= 0.3 is 0 Å². The Kier molecular flexibility index (Phi) is 7.90. The third-order valence-corrected chi connectivity index (χ3v) is 7.82. The number of thioether (sulfide) groups is 1. The second-order valence-electron chi connectivity index (χ2n) is 9.33. The van der Waals surface area contributed by atoms with E-state index in [0.717, 1.165) is 44.0 Å². The van der Waals surface area contributed by atoms with Gasteiger partial charge in [0.25, 0.3) is 5.91 Å². The number of piperazine rings is 1. The fourth-order valence-electron chi connectivity index (χ4n) is 4.36. The van der Waals surface area contributed by atoms with Gasteiger partial charge < -0.3 is 15.4 Å². The lowest BCUT2D eigenvalue weighted by molar-refractivity contribution is -0.113. The zero-order chi connectivity index (χ0) is 26.6. The fraction of sp³-hybridized carbons (Fsp3) is 0.207. The van der Waals surface area contributed by atoms with Crippen LogP contribution in [0.15, 0.2) is 77.7 Å². The number of amides is 2. The molecule has 2 aliphatic heterocycles. The summed E-state index contributed by atoms with van der Waals surface area (Å²) >= 11 is 6.90. The van der Waals surface area contributed by atoms with Crippen LogP contribution >= 0.6 is 24.0 Å². The fourth-order valence-corrected chi connectivity index (χ4v) is 5.65. The van der Waals surface area contributed by atoms with Crippen LogP contribution in [0.5, 0.6) is 11.5 Å². The number of thiocarbonyl (C=S) groups is 1. The molecule has 0 bridgehead atoms. The van der Waals surface area contributed by atoms with Gasteiger partial charge in [-0.1, -0.05) is 48.2 Å².